The molecule has 0 radical (unpaired) electrons. The molecule has 1 unspecified atom stereocenters. The minimum absolute atomic E-state index is 0.181. The Morgan fingerprint density at radius 3 is 2.84 bits per heavy atom. The normalized spacial score (nSPS) is 16.7. The van der Waals surface area contributed by atoms with Crippen molar-refractivity contribution in [3.8, 4) is 0 Å². The third-order valence-corrected chi connectivity index (χ3v) is 3.78. The molecule has 1 aliphatic rings. The van der Waals surface area contributed by atoms with Crippen molar-refractivity contribution in [2.75, 3.05) is 27.2 Å². The number of fused-ring (bicyclic) bond motifs is 1. The van der Waals surface area contributed by atoms with Crippen LogP contribution in [0.5, 0.6) is 0 Å². The number of nitrogens with zero attached hydrogens (tertiary/aromatic N) is 1. The number of likely N-dealkylation sites (N-methyl/N-ethyl adjacent to an activating group) is 1. The Kier molecular flexibility index (Phi) is 4.93. The van der Waals surface area contributed by atoms with E-state index in [-0.39, 0.29) is 12.0 Å². The summed E-state index contributed by atoms with van der Waals surface area (Å²) in [7, 11) is 3.23. The molecule has 1 aromatic carbocycles. The first-order chi connectivity index (χ1) is 9.24. The fourth-order valence-electron chi connectivity index (χ4n) is 2.58. The monoisotopic (exact) mass is 262 g/mol. The molecule has 104 valence electrons. The molecule has 0 aliphatic carbocycles. The Hall–Kier alpha value is -1.39. The Balaban J connectivity index is 1.87. The van der Waals surface area contributed by atoms with Crippen LogP contribution in [0.4, 0.5) is 0 Å². The minimum Gasteiger partial charge on any atom is -0.468 e. The van der Waals surface area contributed by atoms with Crippen molar-refractivity contribution in [1.29, 1.82) is 0 Å². The largest absolute Gasteiger partial charge is 0.468 e. The number of benzene rings is 1. The molecule has 4 nitrogen and oxygen atoms in total. The summed E-state index contributed by atoms with van der Waals surface area (Å²) in [6, 6.07) is 8.38. The second-order valence-corrected chi connectivity index (χ2v) is 4.95. The second-order valence-electron chi connectivity index (χ2n) is 4.95. The van der Waals surface area contributed by atoms with E-state index in [0.29, 0.717) is 0 Å². The van der Waals surface area contributed by atoms with Crippen molar-refractivity contribution in [2.45, 2.75) is 25.4 Å². The van der Waals surface area contributed by atoms with Crippen LogP contribution in [-0.4, -0.2) is 44.2 Å². The van der Waals surface area contributed by atoms with Crippen LogP contribution in [-0.2, 0) is 22.5 Å². The third-order valence-electron chi connectivity index (χ3n) is 3.78. The van der Waals surface area contributed by atoms with E-state index in [0.717, 1.165) is 32.5 Å². The van der Waals surface area contributed by atoms with Crippen molar-refractivity contribution in [2.24, 2.45) is 0 Å². The number of hydrogen-bond donors (Lipinski definition) is 1. The molecule has 0 fully saturated rings. The van der Waals surface area contributed by atoms with Gasteiger partial charge in [-0.3, -0.25) is 9.69 Å². The van der Waals surface area contributed by atoms with Gasteiger partial charge in [0.05, 0.1) is 7.11 Å². The minimum atomic E-state index is -0.206. The molecule has 0 aromatic heterocycles. The summed E-state index contributed by atoms with van der Waals surface area (Å²) in [5.41, 5.74) is 2.87. The average molecular weight is 262 g/mol. The summed E-state index contributed by atoms with van der Waals surface area (Å²) in [5.74, 6) is -0.181. The molecule has 0 amide bonds. The van der Waals surface area contributed by atoms with E-state index >= 15 is 0 Å². The summed E-state index contributed by atoms with van der Waals surface area (Å²) >= 11 is 0. The summed E-state index contributed by atoms with van der Waals surface area (Å²) in [4.78, 5) is 13.9. The van der Waals surface area contributed by atoms with Crippen LogP contribution >= 0.6 is 0 Å². The molecule has 1 N–H and O–H groups in total. The van der Waals surface area contributed by atoms with Gasteiger partial charge < -0.3 is 10.1 Å². The standard InChI is InChI=1S/C15H22N2O2/c1-16-14(15(18)19-2)8-10-17-9-7-12-5-3-4-6-13(12)11-17/h3-6,14,16H,7-11H2,1-2H3. The van der Waals surface area contributed by atoms with Crippen LogP contribution in [0, 0.1) is 0 Å². The number of esters is 1. The first kappa shape index (κ1) is 14.0. The van der Waals surface area contributed by atoms with Gasteiger partial charge in [0, 0.05) is 19.6 Å². The zero-order chi connectivity index (χ0) is 13.7. The van der Waals surface area contributed by atoms with Crippen LogP contribution in [0.1, 0.15) is 17.5 Å². The molecule has 4 heteroatoms. The first-order valence-electron chi connectivity index (χ1n) is 6.79. The zero-order valence-electron chi connectivity index (χ0n) is 11.7. The lowest BCUT2D eigenvalue weighted by molar-refractivity contribution is -0.143. The van der Waals surface area contributed by atoms with Gasteiger partial charge in [-0.2, -0.15) is 0 Å². The molecule has 1 atom stereocenters. The molecule has 2 rings (SSSR count). The van der Waals surface area contributed by atoms with Crippen molar-refractivity contribution >= 4 is 5.97 Å². The lowest BCUT2D eigenvalue weighted by Crippen LogP contribution is -2.40. The van der Waals surface area contributed by atoms with Gasteiger partial charge in [0.15, 0.2) is 0 Å². The van der Waals surface area contributed by atoms with Crippen molar-refractivity contribution in [3.05, 3.63) is 35.4 Å². The maximum absolute atomic E-state index is 11.5. The Labute approximate surface area is 114 Å². The van der Waals surface area contributed by atoms with E-state index in [9.17, 15) is 4.79 Å². The van der Waals surface area contributed by atoms with Gasteiger partial charge in [-0.05, 0) is 31.0 Å². The van der Waals surface area contributed by atoms with E-state index in [1.54, 1.807) is 7.05 Å². The Bertz CT molecular complexity index is 434. The molecule has 0 bridgehead atoms. The predicted molar refractivity (Wildman–Crippen MR) is 74.9 cm³/mol. The van der Waals surface area contributed by atoms with Crippen LogP contribution in [0.2, 0.25) is 0 Å². The highest BCUT2D eigenvalue weighted by atomic mass is 16.5. The zero-order valence-corrected chi connectivity index (χ0v) is 11.7. The maximum Gasteiger partial charge on any atom is 0.322 e. The molecule has 1 aromatic rings. The molecule has 0 spiro atoms. The van der Waals surface area contributed by atoms with Gasteiger partial charge in [0.1, 0.15) is 6.04 Å². The van der Waals surface area contributed by atoms with Gasteiger partial charge in [-0.25, -0.2) is 0 Å². The molecule has 1 heterocycles. The predicted octanol–water partition coefficient (Wildman–Crippen LogP) is 1.20. The van der Waals surface area contributed by atoms with E-state index < -0.39 is 0 Å². The number of hydrogen-bond acceptors (Lipinski definition) is 4. The lowest BCUT2D eigenvalue weighted by atomic mass is 9.99. The van der Waals surface area contributed by atoms with E-state index in [4.69, 9.17) is 4.74 Å². The highest BCUT2D eigenvalue weighted by Gasteiger charge is 2.20. The summed E-state index contributed by atoms with van der Waals surface area (Å²) < 4.78 is 4.78. The average Bonchev–Trinajstić information content (AvgIpc) is 2.47. The number of carbonyl (C=O) groups is 1. The van der Waals surface area contributed by atoms with Gasteiger partial charge in [-0.1, -0.05) is 24.3 Å². The van der Waals surface area contributed by atoms with Gasteiger partial charge in [0.2, 0.25) is 0 Å². The molecular weight excluding hydrogens is 240 g/mol. The quantitative estimate of drug-likeness (QED) is 0.810. The van der Waals surface area contributed by atoms with Gasteiger partial charge in [-0.15, -0.1) is 0 Å². The van der Waals surface area contributed by atoms with E-state index in [1.165, 1.54) is 18.2 Å². The molecule has 1 aliphatic heterocycles. The number of nitrogens with one attached hydrogen (secondary N) is 1. The lowest BCUT2D eigenvalue weighted by Gasteiger charge is -2.29. The van der Waals surface area contributed by atoms with Crippen LogP contribution < -0.4 is 5.32 Å². The summed E-state index contributed by atoms with van der Waals surface area (Å²) in [6.45, 7) is 2.96. The maximum atomic E-state index is 11.5. The van der Waals surface area contributed by atoms with Gasteiger partial charge in [0.25, 0.3) is 0 Å². The summed E-state index contributed by atoms with van der Waals surface area (Å²) in [5, 5.41) is 3.01. The third kappa shape index (κ3) is 3.55. The molecule has 0 saturated heterocycles. The van der Waals surface area contributed by atoms with Crippen LogP contribution in [0.3, 0.4) is 0 Å². The fraction of sp³-hybridized carbons (Fsp3) is 0.533. The molecular formula is C15H22N2O2. The first-order valence-corrected chi connectivity index (χ1v) is 6.79. The van der Waals surface area contributed by atoms with E-state index in [1.807, 2.05) is 0 Å². The second kappa shape index (κ2) is 6.68. The molecule has 0 saturated carbocycles. The summed E-state index contributed by atoms with van der Waals surface area (Å²) in [6.07, 6.45) is 1.88. The number of ether oxygens (including phenoxy) is 1. The highest BCUT2D eigenvalue weighted by molar-refractivity contribution is 5.75. The Morgan fingerprint density at radius 2 is 2.16 bits per heavy atom. The highest BCUT2D eigenvalue weighted by Crippen LogP contribution is 2.18. The Morgan fingerprint density at radius 1 is 1.42 bits per heavy atom. The fourth-order valence-corrected chi connectivity index (χ4v) is 2.58. The van der Waals surface area contributed by atoms with Crippen molar-refractivity contribution in [3.63, 3.8) is 0 Å². The molecule has 19 heavy (non-hydrogen) atoms. The number of carbonyl (C=O) groups excluding carboxylic acids is 1. The topological polar surface area (TPSA) is 41.6 Å². The van der Waals surface area contributed by atoms with Crippen LogP contribution in [0.15, 0.2) is 24.3 Å². The van der Waals surface area contributed by atoms with Crippen LogP contribution in [0.25, 0.3) is 0 Å². The number of rotatable bonds is 5. The SMILES string of the molecule is CNC(CCN1CCc2ccccc2C1)C(=O)OC. The van der Waals surface area contributed by atoms with E-state index in [2.05, 4.69) is 34.5 Å². The van der Waals surface area contributed by atoms with Gasteiger partial charge >= 0.3 is 5.97 Å². The number of methoxy groups -OCH3 is 1. The van der Waals surface area contributed by atoms with Crippen molar-refractivity contribution < 1.29 is 9.53 Å². The smallest absolute Gasteiger partial charge is 0.322 e. The van der Waals surface area contributed by atoms with Crippen molar-refractivity contribution in [1.82, 2.24) is 10.2 Å².